The average molecular weight is 449 g/mol. The van der Waals surface area contributed by atoms with Gasteiger partial charge in [0.05, 0.1) is 22.3 Å². The number of rotatable bonds is 3. The van der Waals surface area contributed by atoms with Crippen molar-refractivity contribution >= 4 is 23.4 Å². The number of nitrogens with one attached hydrogen (secondary N) is 1. The van der Waals surface area contributed by atoms with Crippen LogP contribution in [0.4, 0.5) is 10.6 Å². The Morgan fingerprint density at radius 1 is 1.38 bits per heavy atom. The number of carbonyl (C=O) groups excluding carboxylic acids is 1. The Morgan fingerprint density at radius 3 is 2.94 bits per heavy atom. The zero-order valence-electron chi connectivity index (χ0n) is 17.4. The first kappa shape index (κ1) is 20.3. The molecule has 1 spiro atoms. The van der Waals surface area contributed by atoms with E-state index >= 15 is 0 Å². The summed E-state index contributed by atoms with van der Waals surface area (Å²) >= 11 is 6.20. The van der Waals surface area contributed by atoms with Gasteiger partial charge in [0.2, 0.25) is 0 Å². The molecule has 2 amide bonds. The molecule has 0 aliphatic carbocycles. The number of pyridine rings is 2. The Kier molecular flexibility index (Phi) is 4.75. The number of carbonyl (C=O) groups is 1. The van der Waals surface area contributed by atoms with Crippen molar-refractivity contribution in [1.29, 1.82) is 5.26 Å². The standard InChI is InChI=1S/C22H21ClN8O/c1-13(16-2-4-26-10-17(16)23)28-21(32)30-11-22(12-30)3-5-31-19(22)7-18(29-31)15-6-14(8-24)20(25)27-9-15/h2,4,6-7,9-10,13H,3,5,11-12H2,1H3,(H2,25,27)(H,28,32)/t13-/m0/s1. The summed E-state index contributed by atoms with van der Waals surface area (Å²) in [6.45, 7) is 3.96. The van der Waals surface area contributed by atoms with Gasteiger partial charge in [-0.3, -0.25) is 9.67 Å². The molecule has 3 N–H and O–H groups in total. The Hall–Kier alpha value is -3.64. The number of anilines is 1. The van der Waals surface area contributed by atoms with Crippen molar-refractivity contribution in [1.82, 2.24) is 30.0 Å². The minimum Gasteiger partial charge on any atom is -0.383 e. The second kappa shape index (κ2) is 7.50. The summed E-state index contributed by atoms with van der Waals surface area (Å²) in [6, 6.07) is 7.28. The lowest BCUT2D eigenvalue weighted by Gasteiger charge is -2.47. The number of amides is 2. The van der Waals surface area contributed by atoms with Crippen molar-refractivity contribution in [2.45, 2.75) is 31.3 Å². The molecule has 10 heteroatoms. The van der Waals surface area contributed by atoms with Crippen LogP contribution in [0.2, 0.25) is 5.02 Å². The summed E-state index contributed by atoms with van der Waals surface area (Å²) in [6.07, 6.45) is 5.81. The highest BCUT2D eigenvalue weighted by Gasteiger charge is 2.51. The molecule has 2 aliphatic heterocycles. The Morgan fingerprint density at radius 2 is 2.19 bits per heavy atom. The molecular formula is C22H21ClN8O. The highest BCUT2D eigenvalue weighted by atomic mass is 35.5. The number of hydrogen-bond acceptors (Lipinski definition) is 6. The van der Waals surface area contributed by atoms with E-state index in [9.17, 15) is 10.1 Å². The van der Waals surface area contributed by atoms with Crippen LogP contribution in [0.1, 0.15) is 36.2 Å². The maximum Gasteiger partial charge on any atom is 0.317 e. The molecular weight excluding hydrogens is 428 g/mol. The summed E-state index contributed by atoms with van der Waals surface area (Å²) in [7, 11) is 0. The third-order valence-corrected chi connectivity index (χ3v) is 6.66. The van der Waals surface area contributed by atoms with Gasteiger partial charge in [0.15, 0.2) is 0 Å². The minimum absolute atomic E-state index is 0.0978. The molecule has 5 rings (SSSR count). The van der Waals surface area contributed by atoms with Crippen LogP contribution in [-0.2, 0) is 12.0 Å². The highest BCUT2D eigenvalue weighted by molar-refractivity contribution is 6.31. The quantitative estimate of drug-likeness (QED) is 0.634. The third-order valence-electron chi connectivity index (χ3n) is 6.34. The number of halogens is 1. The first-order valence-corrected chi connectivity index (χ1v) is 10.7. The molecule has 3 aromatic rings. The SMILES string of the molecule is C[C@H](NC(=O)N1CC2(CCn3nc(-c4cnc(N)c(C#N)c4)cc32)C1)c1ccncc1Cl. The summed E-state index contributed by atoms with van der Waals surface area (Å²) in [5, 5.41) is 17.5. The van der Waals surface area contributed by atoms with Gasteiger partial charge < -0.3 is 16.0 Å². The van der Waals surface area contributed by atoms with Crippen molar-refractivity contribution in [2.75, 3.05) is 18.8 Å². The van der Waals surface area contributed by atoms with Gasteiger partial charge in [-0.15, -0.1) is 0 Å². The Balaban J connectivity index is 1.29. The molecule has 0 radical (unpaired) electrons. The van der Waals surface area contributed by atoms with Crippen LogP contribution in [-0.4, -0.2) is 43.8 Å². The van der Waals surface area contributed by atoms with Crippen LogP contribution >= 0.6 is 11.6 Å². The Bertz CT molecular complexity index is 1260. The first-order chi connectivity index (χ1) is 15.4. The molecule has 0 bridgehead atoms. The highest BCUT2D eigenvalue weighted by Crippen LogP contribution is 2.44. The lowest BCUT2D eigenvalue weighted by atomic mass is 9.76. The number of fused-ring (bicyclic) bond motifs is 2. The smallest absolute Gasteiger partial charge is 0.317 e. The van der Waals surface area contributed by atoms with E-state index < -0.39 is 0 Å². The molecule has 1 atom stereocenters. The van der Waals surface area contributed by atoms with E-state index in [2.05, 4.69) is 21.4 Å². The molecule has 5 heterocycles. The topological polar surface area (TPSA) is 126 Å². The van der Waals surface area contributed by atoms with Crippen molar-refractivity contribution in [2.24, 2.45) is 0 Å². The van der Waals surface area contributed by atoms with E-state index in [1.807, 2.05) is 28.6 Å². The molecule has 3 aromatic heterocycles. The lowest BCUT2D eigenvalue weighted by molar-refractivity contribution is 0.0906. The minimum atomic E-state index is -0.220. The third kappa shape index (κ3) is 3.24. The number of aromatic nitrogens is 4. The predicted molar refractivity (Wildman–Crippen MR) is 119 cm³/mol. The Labute approximate surface area is 189 Å². The van der Waals surface area contributed by atoms with E-state index in [1.54, 1.807) is 24.7 Å². The molecule has 32 heavy (non-hydrogen) atoms. The van der Waals surface area contributed by atoms with Gasteiger partial charge in [-0.25, -0.2) is 9.78 Å². The fourth-order valence-electron chi connectivity index (χ4n) is 4.55. The van der Waals surface area contributed by atoms with Gasteiger partial charge in [0.1, 0.15) is 11.9 Å². The van der Waals surface area contributed by atoms with Crippen LogP contribution in [0.15, 0.2) is 36.8 Å². The van der Waals surface area contributed by atoms with E-state index in [-0.39, 0.29) is 23.3 Å². The number of likely N-dealkylation sites (tertiary alicyclic amines) is 1. The number of hydrogen-bond donors (Lipinski definition) is 2. The number of urea groups is 1. The zero-order valence-corrected chi connectivity index (χ0v) is 18.2. The van der Waals surface area contributed by atoms with Gasteiger partial charge >= 0.3 is 6.03 Å². The monoisotopic (exact) mass is 448 g/mol. The molecule has 1 fully saturated rings. The second-order valence-corrected chi connectivity index (χ2v) is 8.77. The van der Waals surface area contributed by atoms with Crippen molar-refractivity contribution in [3.63, 3.8) is 0 Å². The van der Waals surface area contributed by atoms with E-state index in [1.165, 1.54) is 0 Å². The van der Waals surface area contributed by atoms with Crippen molar-refractivity contribution in [3.05, 3.63) is 58.6 Å². The van der Waals surface area contributed by atoms with Crippen LogP contribution in [0, 0.1) is 11.3 Å². The molecule has 9 nitrogen and oxygen atoms in total. The van der Waals surface area contributed by atoms with Crippen LogP contribution in [0.25, 0.3) is 11.3 Å². The van der Waals surface area contributed by atoms with E-state index in [0.717, 1.165) is 35.5 Å². The van der Waals surface area contributed by atoms with Crippen molar-refractivity contribution < 1.29 is 4.79 Å². The number of nitriles is 1. The van der Waals surface area contributed by atoms with Gasteiger partial charge in [-0.05, 0) is 37.1 Å². The van der Waals surface area contributed by atoms with Gasteiger partial charge in [-0.2, -0.15) is 10.4 Å². The van der Waals surface area contributed by atoms with Crippen molar-refractivity contribution in [3.8, 4) is 17.3 Å². The van der Waals surface area contributed by atoms with Crippen LogP contribution < -0.4 is 11.1 Å². The van der Waals surface area contributed by atoms with Crippen LogP contribution in [0.3, 0.4) is 0 Å². The van der Waals surface area contributed by atoms with Gasteiger partial charge in [0, 0.05) is 54.9 Å². The van der Waals surface area contributed by atoms with E-state index in [0.29, 0.717) is 23.7 Å². The normalized spacial score (nSPS) is 16.8. The number of nitrogens with zero attached hydrogens (tertiary/aromatic N) is 6. The largest absolute Gasteiger partial charge is 0.383 e. The first-order valence-electron chi connectivity index (χ1n) is 10.3. The van der Waals surface area contributed by atoms with Crippen LogP contribution in [0.5, 0.6) is 0 Å². The summed E-state index contributed by atoms with van der Waals surface area (Å²) < 4.78 is 1.99. The fraction of sp³-hybridized carbons (Fsp3) is 0.318. The molecule has 0 unspecified atom stereocenters. The fourth-order valence-corrected chi connectivity index (χ4v) is 4.83. The molecule has 162 valence electrons. The summed E-state index contributed by atoms with van der Waals surface area (Å²) in [5.41, 5.74) is 9.43. The average Bonchev–Trinajstić information content (AvgIpc) is 3.32. The number of nitrogen functional groups attached to an aromatic ring is 1. The number of nitrogens with two attached hydrogens (primary N) is 1. The maximum absolute atomic E-state index is 12.8. The van der Waals surface area contributed by atoms with Gasteiger partial charge in [-0.1, -0.05) is 11.6 Å². The predicted octanol–water partition coefficient (Wildman–Crippen LogP) is 2.88. The van der Waals surface area contributed by atoms with E-state index in [4.69, 9.17) is 22.4 Å². The van der Waals surface area contributed by atoms with Gasteiger partial charge in [0.25, 0.3) is 0 Å². The molecule has 0 aromatic carbocycles. The molecule has 2 aliphatic rings. The summed E-state index contributed by atoms with van der Waals surface area (Å²) in [4.78, 5) is 22.7. The maximum atomic E-state index is 12.8. The second-order valence-electron chi connectivity index (χ2n) is 8.36. The number of aryl methyl sites for hydroxylation is 1. The molecule has 0 saturated carbocycles. The summed E-state index contributed by atoms with van der Waals surface area (Å²) in [5.74, 6) is 0.211. The lowest BCUT2D eigenvalue weighted by Crippen LogP contribution is -2.62. The molecule has 1 saturated heterocycles. The zero-order chi connectivity index (χ0) is 22.5.